The minimum atomic E-state index is -1.17. The highest BCUT2D eigenvalue weighted by Crippen LogP contribution is 1.93. The first-order valence-corrected chi connectivity index (χ1v) is 3.18. The van der Waals surface area contributed by atoms with Crippen molar-refractivity contribution in [1.29, 1.82) is 0 Å². The van der Waals surface area contributed by atoms with Crippen molar-refractivity contribution in [2.75, 3.05) is 13.2 Å². The second-order valence-corrected chi connectivity index (χ2v) is 2.13. The minimum Gasteiger partial charge on any atom is -0.477 e. The summed E-state index contributed by atoms with van der Waals surface area (Å²) in [6.45, 7) is 4.92. The molecule has 1 rings (SSSR count). The molecule has 0 aromatic heterocycles. The number of rotatable bonds is 1. The first kappa shape index (κ1) is 9.46. The van der Waals surface area contributed by atoms with Crippen molar-refractivity contribution in [2.24, 2.45) is 0 Å². The molecular formula is C6H9ClO3. The molecule has 0 spiro atoms. The van der Waals surface area contributed by atoms with Crippen molar-refractivity contribution >= 4 is 17.6 Å². The predicted molar refractivity (Wildman–Crippen MR) is 38.1 cm³/mol. The SMILES string of the molecule is C1COC1.C=C(Cl)C(=O)O. The average molecular weight is 165 g/mol. The summed E-state index contributed by atoms with van der Waals surface area (Å²) in [7, 11) is 0. The van der Waals surface area contributed by atoms with E-state index >= 15 is 0 Å². The fourth-order valence-corrected chi connectivity index (χ4v) is 0.144. The van der Waals surface area contributed by atoms with E-state index in [0.717, 1.165) is 13.2 Å². The third-order valence-electron chi connectivity index (χ3n) is 0.809. The highest BCUT2D eigenvalue weighted by Gasteiger charge is 1.94. The summed E-state index contributed by atoms with van der Waals surface area (Å²) in [6, 6.07) is 0. The lowest BCUT2D eigenvalue weighted by molar-refractivity contribution is -0.131. The Hall–Kier alpha value is -0.540. The maximum absolute atomic E-state index is 9.47. The zero-order valence-corrected chi connectivity index (χ0v) is 6.23. The maximum Gasteiger partial charge on any atom is 0.346 e. The Bertz CT molecular complexity index is 113. The molecule has 1 fully saturated rings. The van der Waals surface area contributed by atoms with Gasteiger partial charge in [-0.15, -0.1) is 0 Å². The van der Waals surface area contributed by atoms with Crippen molar-refractivity contribution < 1.29 is 14.6 Å². The average Bonchev–Trinajstić information content (AvgIpc) is 1.59. The first-order chi connectivity index (χ1) is 4.64. The van der Waals surface area contributed by atoms with Gasteiger partial charge in [0.25, 0.3) is 0 Å². The second-order valence-electron chi connectivity index (χ2n) is 1.68. The van der Waals surface area contributed by atoms with Crippen molar-refractivity contribution in [1.82, 2.24) is 0 Å². The molecule has 0 atom stereocenters. The molecule has 58 valence electrons. The normalized spacial score (nSPS) is 14.1. The molecule has 0 saturated carbocycles. The van der Waals surface area contributed by atoms with Crippen LogP contribution in [0.3, 0.4) is 0 Å². The number of halogens is 1. The number of carbonyl (C=O) groups is 1. The Morgan fingerprint density at radius 2 is 1.80 bits per heavy atom. The first-order valence-electron chi connectivity index (χ1n) is 2.80. The van der Waals surface area contributed by atoms with Gasteiger partial charge in [-0.2, -0.15) is 0 Å². The Morgan fingerprint density at radius 1 is 1.60 bits per heavy atom. The molecule has 3 nitrogen and oxygen atoms in total. The zero-order chi connectivity index (χ0) is 7.98. The molecule has 10 heavy (non-hydrogen) atoms. The number of aliphatic carboxylic acids is 1. The lowest BCUT2D eigenvalue weighted by Gasteiger charge is -2.09. The van der Waals surface area contributed by atoms with E-state index in [4.69, 9.17) is 21.4 Å². The van der Waals surface area contributed by atoms with Crippen LogP contribution in [0, 0.1) is 0 Å². The molecule has 0 amide bonds. The highest BCUT2D eigenvalue weighted by molar-refractivity contribution is 6.40. The van der Waals surface area contributed by atoms with Gasteiger partial charge in [0.15, 0.2) is 0 Å². The molecule has 0 bridgehead atoms. The van der Waals surface area contributed by atoms with Crippen LogP contribution in [0.5, 0.6) is 0 Å². The van der Waals surface area contributed by atoms with Crippen LogP contribution < -0.4 is 0 Å². The van der Waals surface area contributed by atoms with E-state index in [1.54, 1.807) is 0 Å². The van der Waals surface area contributed by atoms with Gasteiger partial charge in [-0.25, -0.2) is 4.79 Å². The molecule has 0 aromatic rings. The second kappa shape index (κ2) is 5.26. The molecule has 0 unspecified atom stereocenters. The van der Waals surface area contributed by atoms with Crippen LogP contribution >= 0.6 is 11.6 Å². The number of hydrogen-bond acceptors (Lipinski definition) is 2. The largest absolute Gasteiger partial charge is 0.477 e. The maximum atomic E-state index is 9.47. The van der Waals surface area contributed by atoms with Crippen molar-refractivity contribution in [3.63, 3.8) is 0 Å². The molecule has 1 saturated heterocycles. The van der Waals surface area contributed by atoms with Gasteiger partial charge in [-0.1, -0.05) is 18.2 Å². The fourth-order valence-electron chi connectivity index (χ4n) is 0.144. The van der Waals surface area contributed by atoms with Crippen molar-refractivity contribution in [2.45, 2.75) is 6.42 Å². The summed E-state index contributed by atoms with van der Waals surface area (Å²) >= 11 is 4.82. The molecule has 1 N–H and O–H groups in total. The number of hydrogen-bond donors (Lipinski definition) is 1. The molecular weight excluding hydrogens is 156 g/mol. The standard InChI is InChI=1S/C3H3ClO2.C3H6O/c1-2(4)3(5)6;1-2-4-3-1/h1H2,(H,5,6);1-3H2. The van der Waals surface area contributed by atoms with Gasteiger partial charge in [0.2, 0.25) is 0 Å². The van der Waals surface area contributed by atoms with Crippen molar-refractivity contribution in [3.05, 3.63) is 11.6 Å². The lowest BCUT2D eigenvalue weighted by atomic mass is 10.4. The van der Waals surface area contributed by atoms with Gasteiger partial charge >= 0.3 is 5.97 Å². The summed E-state index contributed by atoms with van der Waals surface area (Å²) in [5, 5.41) is 7.41. The molecule has 4 heteroatoms. The summed E-state index contributed by atoms with van der Waals surface area (Å²) in [6.07, 6.45) is 1.28. The number of carboxylic acid groups (broad SMARTS) is 1. The molecule has 0 radical (unpaired) electrons. The highest BCUT2D eigenvalue weighted by atomic mass is 35.5. The van der Waals surface area contributed by atoms with Crippen LogP contribution in [0.1, 0.15) is 6.42 Å². The molecule has 0 aromatic carbocycles. The molecule has 1 heterocycles. The third-order valence-corrected chi connectivity index (χ3v) is 0.971. The topological polar surface area (TPSA) is 46.5 Å². The van der Waals surface area contributed by atoms with Gasteiger partial charge in [0.05, 0.1) is 0 Å². The van der Waals surface area contributed by atoms with E-state index in [0.29, 0.717) is 0 Å². The summed E-state index contributed by atoms with van der Waals surface area (Å²) < 4.78 is 4.72. The van der Waals surface area contributed by atoms with Gasteiger partial charge in [-0.05, 0) is 6.42 Å². The minimum absolute atomic E-state index is 0.352. The molecule has 1 aliphatic rings. The van der Waals surface area contributed by atoms with E-state index < -0.39 is 5.97 Å². The summed E-state index contributed by atoms with van der Waals surface area (Å²) in [5.74, 6) is -1.17. The monoisotopic (exact) mass is 164 g/mol. The van der Waals surface area contributed by atoms with E-state index in [9.17, 15) is 4.79 Å². The quantitative estimate of drug-likeness (QED) is 0.593. The predicted octanol–water partition coefficient (Wildman–Crippen LogP) is 1.23. The Morgan fingerprint density at radius 3 is 1.80 bits per heavy atom. The van der Waals surface area contributed by atoms with Crippen LogP contribution in [0.25, 0.3) is 0 Å². The van der Waals surface area contributed by atoms with E-state index in [1.165, 1.54) is 6.42 Å². The van der Waals surface area contributed by atoms with Crippen molar-refractivity contribution in [3.8, 4) is 0 Å². The molecule has 0 aliphatic carbocycles. The Labute approximate surface area is 64.2 Å². The number of carboxylic acids is 1. The summed E-state index contributed by atoms with van der Waals surface area (Å²) in [4.78, 5) is 9.47. The van der Waals surface area contributed by atoms with Crippen LogP contribution in [0.4, 0.5) is 0 Å². The third kappa shape index (κ3) is 5.59. The van der Waals surface area contributed by atoms with Gasteiger partial charge in [-0.3, -0.25) is 0 Å². The van der Waals surface area contributed by atoms with Crippen LogP contribution in [-0.2, 0) is 9.53 Å². The van der Waals surface area contributed by atoms with Crippen LogP contribution in [0.2, 0.25) is 0 Å². The fraction of sp³-hybridized carbons (Fsp3) is 0.500. The van der Waals surface area contributed by atoms with Crippen LogP contribution in [0.15, 0.2) is 11.6 Å². The van der Waals surface area contributed by atoms with E-state index in [-0.39, 0.29) is 5.03 Å². The van der Waals surface area contributed by atoms with Gasteiger partial charge < -0.3 is 9.84 Å². The lowest BCUT2D eigenvalue weighted by Crippen LogP contribution is -2.09. The molecule has 1 aliphatic heterocycles. The zero-order valence-electron chi connectivity index (χ0n) is 5.47. The summed E-state index contributed by atoms with van der Waals surface area (Å²) in [5.41, 5.74) is 0. The van der Waals surface area contributed by atoms with Gasteiger partial charge in [0.1, 0.15) is 5.03 Å². The van der Waals surface area contributed by atoms with E-state index in [2.05, 4.69) is 6.58 Å². The van der Waals surface area contributed by atoms with Crippen LogP contribution in [-0.4, -0.2) is 24.3 Å². The Kier molecular flexibility index (Phi) is 4.98. The smallest absolute Gasteiger partial charge is 0.346 e. The Balaban J connectivity index is 0.000000172. The van der Waals surface area contributed by atoms with Gasteiger partial charge in [0, 0.05) is 13.2 Å². The number of ether oxygens (including phenoxy) is 1. The van der Waals surface area contributed by atoms with E-state index in [1.807, 2.05) is 0 Å².